The highest BCUT2D eigenvalue weighted by atomic mass is 32.2. The molecular weight excluding hydrogens is 312 g/mol. The molecule has 0 saturated heterocycles. The number of hydrogen-bond donors (Lipinski definition) is 1. The van der Waals surface area contributed by atoms with Gasteiger partial charge >= 0.3 is 0 Å². The third-order valence-electron chi connectivity index (χ3n) is 4.50. The minimum Gasteiger partial charge on any atom is -0.325 e. The molecule has 23 heavy (non-hydrogen) atoms. The van der Waals surface area contributed by atoms with Crippen LogP contribution >= 0.6 is 0 Å². The summed E-state index contributed by atoms with van der Waals surface area (Å²) in [5.74, 6) is -0.288. The van der Waals surface area contributed by atoms with Crippen LogP contribution in [0.25, 0.3) is 0 Å². The normalized spacial score (nSPS) is 16.5. The summed E-state index contributed by atoms with van der Waals surface area (Å²) in [6.07, 6.45) is 6.05. The van der Waals surface area contributed by atoms with Gasteiger partial charge in [-0.3, -0.25) is 4.79 Å². The highest BCUT2D eigenvalue weighted by Gasteiger charge is 2.29. The van der Waals surface area contributed by atoms with Gasteiger partial charge in [-0.05, 0) is 49.9 Å². The number of nitrogens with zero attached hydrogens (tertiary/aromatic N) is 1. The second-order valence-electron chi connectivity index (χ2n) is 6.45. The van der Waals surface area contributed by atoms with Crippen LogP contribution in [-0.4, -0.2) is 37.5 Å². The van der Waals surface area contributed by atoms with Gasteiger partial charge in [0.05, 0.1) is 12.8 Å². The van der Waals surface area contributed by atoms with E-state index < -0.39 is 10.0 Å². The van der Waals surface area contributed by atoms with E-state index in [9.17, 15) is 13.2 Å². The fourth-order valence-electron chi connectivity index (χ4n) is 3.05. The fraction of sp³-hybridized carbons (Fsp3) is 0.588. The molecule has 5 nitrogen and oxygen atoms in total. The minimum atomic E-state index is -3.39. The predicted octanol–water partition coefficient (Wildman–Crippen LogP) is 2.84. The number of benzene rings is 1. The van der Waals surface area contributed by atoms with E-state index in [0.717, 1.165) is 43.2 Å². The SMILES string of the molecule is Cc1ccc(NC(=O)CN(C2CCCCC2)S(C)(=O)=O)cc1C. The molecule has 1 N–H and O–H groups in total. The van der Waals surface area contributed by atoms with Gasteiger partial charge in [0, 0.05) is 11.7 Å². The number of anilines is 1. The van der Waals surface area contributed by atoms with E-state index >= 15 is 0 Å². The maximum atomic E-state index is 12.3. The number of sulfonamides is 1. The van der Waals surface area contributed by atoms with Gasteiger partial charge in [-0.15, -0.1) is 0 Å². The largest absolute Gasteiger partial charge is 0.325 e. The minimum absolute atomic E-state index is 0.0516. The van der Waals surface area contributed by atoms with Crippen molar-refractivity contribution in [3.8, 4) is 0 Å². The number of hydrogen-bond acceptors (Lipinski definition) is 3. The highest BCUT2D eigenvalue weighted by molar-refractivity contribution is 7.88. The lowest BCUT2D eigenvalue weighted by Gasteiger charge is -2.31. The van der Waals surface area contributed by atoms with Crippen molar-refractivity contribution in [1.29, 1.82) is 0 Å². The second-order valence-corrected chi connectivity index (χ2v) is 8.38. The van der Waals surface area contributed by atoms with Crippen LogP contribution in [0.2, 0.25) is 0 Å². The molecule has 128 valence electrons. The van der Waals surface area contributed by atoms with Crippen molar-refractivity contribution < 1.29 is 13.2 Å². The molecule has 2 rings (SSSR count). The van der Waals surface area contributed by atoms with Crippen molar-refractivity contribution in [3.63, 3.8) is 0 Å². The Kier molecular flexibility index (Phi) is 5.81. The zero-order valence-electron chi connectivity index (χ0n) is 14.1. The van der Waals surface area contributed by atoms with Gasteiger partial charge in [-0.2, -0.15) is 4.31 Å². The summed E-state index contributed by atoms with van der Waals surface area (Å²) in [6, 6.07) is 5.63. The Labute approximate surface area is 139 Å². The van der Waals surface area contributed by atoms with Crippen molar-refractivity contribution in [3.05, 3.63) is 29.3 Å². The fourth-order valence-corrected chi connectivity index (χ4v) is 4.15. The number of carbonyl (C=O) groups is 1. The molecule has 1 aliphatic carbocycles. The molecule has 0 aromatic heterocycles. The zero-order valence-corrected chi connectivity index (χ0v) is 14.9. The smallest absolute Gasteiger partial charge is 0.239 e. The number of amides is 1. The van der Waals surface area contributed by atoms with Crippen LogP contribution in [0.3, 0.4) is 0 Å². The molecule has 1 saturated carbocycles. The van der Waals surface area contributed by atoms with Crippen molar-refractivity contribution >= 4 is 21.6 Å². The lowest BCUT2D eigenvalue weighted by molar-refractivity contribution is -0.116. The van der Waals surface area contributed by atoms with E-state index in [2.05, 4.69) is 5.32 Å². The standard InChI is InChI=1S/C17H26N2O3S/c1-13-9-10-15(11-14(13)2)18-17(20)12-19(23(3,21)22)16-7-5-4-6-8-16/h9-11,16H,4-8,12H2,1-3H3,(H,18,20). The lowest BCUT2D eigenvalue weighted by Crippen LogP contribution is -2.45. The third-order valence-corrected chi connectivity index (χ3v) is 5.78. The predicted molar refractivity (Wildman–Crippen MR) is 93.0 cm³/mol. The van der Waals surface area contributed by atoms with E-state index in [-0.39, 0.29) is 18.5 Å². The molecular formula is C17H26N2O3S. The molecule has 0 atom stereocenters. The Morgan fingerprint density at radius 2 is 1.83 bits per heavy atom. The molecule has 0 heterocycles. The summed E-state index contributed by atoms with van der Waals surface area (Å²) in [4.78, 5) is 12.3. The monoisotopic (exact) mass is 338 g/mol. The van der Waals surface area contributed by atoms with Crippen LogP contribution in [0.15, 0.2) is 18.2 Å². The van der Waals surface area contributed by atoms with E-state index in [1.54, 1.807) is 0 Å². The average Bonchev–Trinajstić information content (AvgIpc) is 2.48. The second kappa shape index (κ2) is 7.45. The molecule has 1 aliphatic rings. The van der Waals surface area contributed by atoms with Crippen molar-refractivity contribution in [2.75, 3.05) is 18.1 Å². The Hall–Kier alpha value is -1.40. The number of aryl methyl sites for hydroxylation is 2. The molecule has 1 aromatic carbocycles. The van der Waals surface area contributed by atoms with E-state index in [4.69, 9.17) is 0 Å². The topological polar surface area (TPSA) is 66.5 Å². The summed E-state index contributed by atoms with van der Waals surface area (Å²) < 4.78 is 25.5. The quantitative estimate of drug-likeness (QED) is 0.898. The van der Waals surface area contributed by atoms with Gasteiger partial charge in [0.25, 0.3) is 0 Å². The van der Waals surface area contributed by atoms with Gasteiger partial charge in [0.1, 0.15) is 0 Å². The molecule has 0 aliphatic heterocycles. The van der Waals surface area contributed by atoms with Crippen LogP contribution in [0, 0.1) is 13.8 Å². The van der Waals surface area contributed by atoms with Crippen molar-refractivity contribution in [1.82, 2.24) is 4.31 Å². The molecule has 1 aromatic rings. The van der Waals surface area contributed by atoms with Crippen LogP contribution < -0.4 is 5.32 Å². The zero-order chi connectivity index (χ0) is 17.0. The van der Waals surface area contributed by atoms with Gasteiger partial charge in [-0.1, -0.05) is 25.3 Å². The molecule has 0 bridgehead atoms. The summed E-state index contributed by atoms with van der Waals surface area (Å²) >= 11 is 0. The first kappa shape index (κ1) is 17.9. The summed E-state index contributed by atoms with van der Waals surface area (Å²) in [6.45, 7) is 3.88. The van der Waals surface area contributed by atoms with E-state index in [1.807, 2.05) is 32.0 Å². The van der Waals surface area contributed by atoms with Crippen LogP contribution in [0.5, 0.6) is 0 Å². The summed E-state index contributed by atoms with van der Waals surface area (Å²) in [5, 5.41) is 2.81. The number of nitrogens with one attached hydrogen (secondary N) is 1. The summed E-state index contributed by atoms with van der Waals surface area (Å²) in [5.41, 5.74) is 2.95. The molecule has 0 unspecified atom stereocenters. The van der Waals surface area contributed by atoms with Crippen LogP contribution in [-0.2, 0) is 14.8 Å². The van der Waals surface area contributed by atoms with Gasteiger partial charge in [0.2, 0.25) is 15.9 Å². The van der Waals surface area contributed by atoms with Crippen molar-refractivity contribution in [2.24, 2.45) is 0 Å². The number of carbonyl (C=O) groups excluding carboxylic acids is 1. The molecule has 0 spiro atoms. The Morgan fingerprint density at radius 3 is 2.39 bits per heavy atom. The molecule has 1 amide bonds. The lowest BCUT2D eigenvalue weighted by atomic mass is 9.95. The van der Waals surface area contributed by atoms with Crippen LogP contribution in [0.4, 0.5) is 5.69 Å². The first-order chi connectivity index (χ1) is 10.8. The highest BCUT2D eigenvalue weighted by Crippen LogP contribution is 2.24. The van der Waals surface area contributed by atoms with E-state index in [1.165, 1.54) is 10.6 Å². The molecule has 0 radical (unpaired) electrons. The van der Waals surface area contributed by atoms with Crippen LogP contribution in [0.1, 0.15) is 43.2 Å². The average molecular weight is 338 g/mol. The molecule has 1 fully saturated rings. The first-order valence-corrected chi connectivity index (χ1v) is 9.96. The van der Waals surface area contributed by atoms with Gasteiger partial charge < -0.3 is 5.32 Å². The maximum absolute atomic E-state index is 12.3. The van der Waals surface area contributed by atoms with Gasteiger partial charge in [-0.25, -0.2) is 8.42 Å². The maximum Gasteiger partial charge on any atom is 0.239 e. The Bertz CT molecular complexity index is 664. The summed E-state index contributed by atoms with van der Waals surface area (Å²) in [7, 11) is -3.39. The van der Waals surface area contributed by atoms with E-state index in [0.29, 0.717) is 5.69 Å². The molecule has 6 heteroatoms. The van der Waals surface area contributed by atoms with Gasteiger partial charge in [0.15, 0.2) is 0 Å². The Balaban J connectivity index is 2.06. The van der Waals surface area contributed by atoms with Crippen molar-refractivity contribution in [2.45, 2.75) is 52.0 Å². The number of rotatable bonds is 5. The Morgan fingerprint density at radius 1 is 1.17 bits per heavy atom. The first-order valence-electron chi connectivity index (χ1n) is 8.11. The third kappa shape index (κ3) is 5.04.